The molecule has 0 amide bonds. The molecule has 9 heteroatoms. The fourth-order valence-electron chi connectivity index (χ4n) is 3.52. The maximum atomic E-state index is 13.1. The highest BCUT2D eigenvalue weighted by Crippen LogP contribution is 2.33. The van der Waals surface area contributed by atoms with Gasteiger partial charge in [-0.05, 0) is 55.7 Å². The average Bonchev–Trinajstić information content (AvgIpc) is 3.15. The number of hydrogen-bond acceptors (Lipinski definition) is 7. The van der Waals surface area contributed by atoms with Crippen molar-refractivity contribution in [1.29, 1.82) is 0 Å². The summed E-state index contributed by atoms with van der Waals surface area (Å²) in [5.74, 6) is 1.15. The normalized spacial score (nSPS) is 16.0. The van der Waals surface area contributed by atoms with E-state index in [2.05, 4.69) is 4.98 Å². The molecule has 1 fully saturated rings. The van der Waals surface area contributed by atoms with E-state index >= 15 is 0 Å². The number of aryl methyl sites for hydroxylation is 1. The van der Waals surface area contributed by atoms with Gasteiger partial charge in [0, 0.05) is 13.1 Å². The molecular weight excluding hydrogens is 424 g/mol. The molecule has 1 saturated heterocycles. The maximum absolute atomic E-state index is 13.1. The first kappa shape index (κ1) is 20.9. The SMILES string of the molecule is COc1ccc2nc(OC3CCN(S(=O)(=O)c4cc(C)ccc4OC)CC3)sc2c1. The van der Waals surface area contributed by atoms with E-state index in [0.29, 0.717) is 36.9 Å². The number of aromatic nitrogens is 1. The number of thiazole rings is 1. The van der Waals surface area contributed by atoms with Crippen LogP contribution in [0.4, 0.5) is 0 Å². The van der Waals surface area contributed by atoms with Crippen molar-refractivity contribution in [2.24, 2.45) is 0 Å². The van der Waals surface area contributed by atoms with Crippen LogP contribution < -0.4 is 14.2 Å². The number of ether oxygens (including phenoxy) is 3. The molecule has 0 N–H and O–H groups in total. The van der Waals surface area contributed by atoms with Gasteiger partial charge in [0.05, 0.1) is 24.4 Å². The zero-order chi connectivity index (χ0) is 21.3. The van der Waals surface area contributed by atoms with Gasteiger partial charge in [0.25, 0.3) is 5.19 Å². The van der Waals surface area contributed by atoms with Gasteiger partial charge in [-0.3, -0.25) is 0 Å². The molecule has 0 unspecified atom stereocenters. The standard InChI is InChI=1S/C21H24N2O5S2/c1-14-4-7-18(27-3)20(12-14)30(24,25)23-10-8-15(9-11-23)28-21-22-17-6-5-16(26-2)13-19(17)29-21/h4-7,12-13,15H,8-11H2,1-3H3. The monoisotopic (exact) mass is 448 g/mol. The Balaban J connectivity index is 1.44. The van der Waals surface area contributed by atoms with Crippen LogP contribution in [0.15, 0.2) is 41.3 Å². The Labute approximate surface area is 180 Å². The van der Waals surface area contributed by atoms with E-state index in [1.165, 1.54) is 22.8 Å². The average molecular weight is 449 g/mol. The van der Waals surface area contributed by atoms with Crippen molar-refractivity contribution in [3.63, 3.8) is 0 Å². The van der Waals surface area contributed by atoms with Crippen molar-refractivity contribution in [1.82, 2.24) is 9.29 Å². The minimum absolute atomic E-state index is 0.0710. The number of methoxy groups -OCH3 is 2. The molecule has 7 nitrogen and oxygen atoms in total. The third-order valence-electron chi connectivity index (χ3n) is 5.18. The van der Waals surface area contributed by atoms with Crippen molar-refractivity contribution in [3.8, 4) is 16.7 Å². The number of hydrogen-bond donors (Lipinski definition) is 0. The zero-order valence-electron chi connectivity index (χ0n) is 17.1. The first-order valence-electron chi connectivity index (χ1n) is 9.67. The van der Waals surface area contributed by atoms with E-state index in [4.69, 9.17) is 14.2 Å². The Morgan fingerprint density at radius 1 is 1.07 bits per heavy atom. The highest BCUT2D eigenvalue weighted by molar-refractivity contribution is 7.89. The lowest BCUT2D eigenvalue weighted by Gasteiger charge is -2.31. The molecule has 0 bridgehead atoms. The van der Waals surface area contributed by atoms with Crippen LogP contribution in [0.2, 0.25) is 0 Å². The van der Waals surface area contributed by atoms with Gasteiger partial charge in [0.15, 0.2) is 0 Å². The first-order chi connectivity index (χ1) is 14.4. The van der Waals surface area contributed by atoms with Crippen molar-refractivity contribution >= 4 is 31.6 Å². The Morgan fingerprint density at radius 2 is 1.83 bits per heavy atom. The topological polar surface area (TPSA) is 78.0 Å². The molecule has 1 aliphatic heterocycles. The van der Waals surface area contributed by atoms with Crippen LogP contribution in [0.25, 0.3) is 10.2 Å². The molecule has 0 radical (unpaired) electrons. The molecule has 0 spiro atoms. The first-order valence-corrected chi connectivity index (χ1v) is 11.9. The second-order valence-corrected chi connectivity index (χ2v) is 10.1. The molecule has 2 heterocycles. The van der Waals surface area contributed by atoms with Crippen LogP contribution in [0.3, 0.4) is 0 Å². The van der Waals surface area contributed by atoms with Crippen molar-refractivity contribution < 1.29 is 22.6 Å². The molecule has 0 atom stereocenters. The summed E-state index contributed by atoms with van der Waals surface area (Å²) in [6, 6.07) is 10.9. The van der Waals surface area contributed by atoms with E-state index in [0.717, 1.165) is 21.5 Å². The number of nitrogens with zero attached hydrogens (tertiary/aromatic N) is 2. The van der Waals surface area contributed by atoms with E-state index in [9.17, 15) is 8.42 Å². The van der Waals surface area contributed by atoms with Gasteiger partial charge in [-0.1, -0.05) is 17.4 Å². The highest BCUT2D eigenvalue weighted by Gasteiger charge is 2.32. The van der Waals surface area contributed by atoms with E-state index in [1.807, 2.05) is 31.2 Å². The fraction of sp³-hybridized carbons (Fsp3) is 0.381. The summed E-state index contributed by atoms with van der Waals surface area (Å²) in [6.45, 7) is 2.65. The van der Waals surface area contributed by atoms with Gasteiger partial charge in [-0.2, -0.15) is 4.31 Å². The summed E-state index contributed by atoms with van der Waals surface area (Å²) < 4.78 is 45.4. The van der Waals surface area contributed by atoms with Gasteiger partial charge in [-0.15, -0.1) is 0 Å². The van der Waals surface area contributed by atoms with Crippen LogP contribution in [-0.2, 0) is 10.0 Å². The van der Waals surface area contributed by atoms with Crippen LogP contribution in [-0.4, -0.2) is 51.1 Å². The second kappa shape index (κ2) is 8.41. The van der Waals surface area contributed by atoms with Crippen molar-refractivity contribution in [2.75, 3.05) is 27.3 Å². The molecular formula is C21H24N2O5S2. The molecule has 0 aliphatic carbocycles. The summed E-state index contributed by atoms with van der Waals surface area (Å²) in [5, 5.41) is 0.597. The second-order valence-electron chi connectivity index (χ2n) is 7.19. The van der Waals surface area contributed by atoms with Gasteiger partial charge >= 0.3 is 0 Å². The van der Waals surface area contributed by atoms with Crippen molar-refractivity contribution in [2.45, 2.75) is 30.8 Å². The minimum Gasteiger partial charge on any atom is -0.497 e. The van der Waals surface area contributed by atoms with Gasteiger partial charge in [0.2, 0.25) is 10.0 Å². The summed E-state index contributed by atoms with van der Waals surface area (Å²) >= 11 is 1.47. The Hall–Kier alpha value is -2.36. The van der Waals surface area contributed by atoms with E-state index in [-0.39, 0.29) is 11.0 Å². The van der Waals surface area contributed by atoms with Crippen LogP contribution in [0, 0.1) is 6.92 Å². The lowest BCUT2D eigenvalue weighted by atomic mass is 10.1. The van der Waals surface area contributed by atoms with Gasteiger partial charge < -0.3 is 14.2 Å². The fourth-order valence-corrected chi connectivity index (χ4v) is 6.14. The summed E-state index contributed by atoms with van der Waals surface area (Å²) in [6.07, 6.45) is 1.14. The minimum atomic E-state index is -3.63. The number of sulfonamides is 1. The summed E-state index contributed by atoms with van der Waals surface area (Å²) in [5.41, 5.74) is 1.74. The zero-order valence-corrected chi connectivity index (χ0v) is 18.8. The van der Waals surface area contributed by atoms with Crippen molar-refractivity contribution in [3.05, 3.63) is 42.0 Å². The molecule has 30 heavy (non-hydrogen) atoms. The Morgan fingerprint density at radius 3 is 2.53 bits per heavy atom. The van der Waals surface area contributed by atoms with Gasteiger partial charge in [0.1, 0.15) is 22.5 Å². The highest BCUT2D eigenvalue weighted by atomic mass is 32.2. The third kappa shape index (κ3) is 4.10. The van der Waals surface area contributed by atoms with E-state index < -0.39 is 10.0 Å². The van der Waals surface area contributed by atoms with Crippen LogP contribution >= 0.6 is 11.3 Å². The number of piperidine rings is 1. The Kier molecular flexibility index (Phi) is 5.86. The largest absolute Gasteiger partial charge is 0.497 e. The van der Waals surface area contributed by atoms with E-state index in [1.54, 1.807) is 19.2 Å². The maximum Gasteiger partial charge on any atom is 0.274 e. The van der Waals surface area contributed by atoms with Crippen LogP contribution in [0.1, 0.15) is 18.4 Å². The molecule has 3 aromatic rings. The number of fused-ring (bicyclic) bond motifs is 1. The van der Waals surface area contributed by atoms with Crippen LogP contribution in [0.5, 0.6) is 16.7 Å². The molecule has 1 aliphatic rings. The lowest BCUT2D eigenvalue weighted by Crippen LogP contribution is -2.41. The molecule has 4 rings (SSSR count). The summed E-state index contributed by atoms with van der Waals surface area (Å²) in [4.78, 5) is 4.73. The quantitative estimate of drug-likeness (QED) is 0.570. The predicted octanol–water partition coefficient (Wildman–Crippen LogP) is 3.85. The van der Waals surface area contributed by atoms with Gasteiger partial charge in [-0.25, -0.2) is 13.4 Å². The predicted molar refractivity (Wildman–Crippen MR) is 116 cm³/mol. The number of rotatable bonds is 6. The molecule has 1 aromatic heterocycles. The lowest BCUT2D eigenvalue weighted by molar-refractivity contribution is 0.135. The molecule has 160 valence electrons. The summed E-state index contributed by atoms with van der Waals surface area (Å²) in [7, 11) is -0.510. The number of benzene rings is 2. The third-order valence-corrected chi connectivity index (χ3v) is 8.01. The Bertz CT molecular complexity index is 1150. The molecule has 2 aromatic carbocycles. The molecule has 0 saturated carbocycles. The smallest absolute Gasteiger partial charge is 0.274 e.